The van der Waals surface area contributed by atoms with E-state index in [9.17, 15) is 9.59 Å². The predicted molar refractivity (Wildman–Crippen MR) is 85.4 cm³/mol. The van der Waals surface area contributed by atoms with Gasteiger partial charge in [-0.3, -0.25) is 19.6 Å². The summed E-state index contributed by atoms with van der Waals surface area (Å²) in [5, 5.41) is 3.07. The highest BCUT2D eigenvalue weighted by molar-refractivity contribution is 5.82. The van der Waals surface area contributed by atoms with Crippen LogP contribution in [0.5, 0.6) is 0 Å². The second kappa shape index (κ2) is 7.06. The maximum atomic E-state index is 12.4. The topological polar surface area (TPSA) is 75.2 Å². The highest BCUT2D eigenvalue weighted by Gasteiger charge is 2.36. The first kappa shape index (κ1) is 15.9. The van der Waals surface area contributed by atoms with Crippen molar-refractivity contribution in [2.75, 3.05) is 13.1 Å². The number of rotatable bonds is 5. The molecule has 2 heterocycles. The van der Waals surface area contributed by atoms with Gasteiger partial charge >= 0.3 is 0 Å². The number of nitrogens with one attached hydrogen (secondary N) is 1. The molecule has 1 aliphatic carbocycles. The number of amides is 2. The quantitative estimate of drug-likeness (QED) is 0.885. The normalized spacial score (nSPS) is 20.1. The molecule has 1 N–H and O–H groups in total. The van der Waals surface area contributed by atoms with E-state index in [1.807, 2.05) is 11.8 Å². The van der Waals surface area contributed by atoms with E-state index in [4.69, 9.17) is 0 Å². The van der Waals surface area contributed by atoms with E-state index in [1.165, 1.54) is 0 Å². The third kappa shape index (κ3) is 4.27. The second-order valence-electron chi connectivity index (χ2n) is 6.68. The first-order valence-corrected chi connectivity index (χ1v) is 8.47. The van der Waals surface area contributed by atoms with E-state index in [-0.39, 0.29) is 23.8 Å². The SMILES string of the molecule is C[C@@H](Cc1cnccn1)NC(=O)C1CCN(C(=O)C2CC2)CC1. The van der Waals surface area contributed by atoms with Crippen molar-refractivity contribution in [1.82, 2.24) is 20.2 Å². The lowest BCUT2D eigenvalue weighted by Gasteiger charge is -2.32. The molecule has 1 aromatic rings. The molecule has 2 amide bonds. The molecule has 3 rings (SSSR count). The molecule has 1 saturated heterocycles. The van der Waals surface area contributed by atoms with E-state index in [0.29, 0.717) is 25.4 Å². The summed E-state index contributed by atoms with van der Waals surface area (Å²) in [6.07, 6.45) is 9.33. The Bertz CT molecular complexity index is 551. The number of hydrogen-bond donors (Lipinski definition) is 1. The van der Waals surface area contributed by atoms with Crippen molar-refractivity contribution in [2.45, 2.75) is 45.1 Å². The van der Waals surface area contributed by atoms with Crippen molar-refractivity contribution in [2.24, 2.45) is 11.8 Å². The molecule has 1 saturated carbocycles. The molecule has 1 aromatic heterocycles. The summed E-state index contributed by atoms with van der Waals surface area (Å²) in [5.74, 6) is 0.676. The number of carbonyl (C=O) groups is 2. The van der Waals surface area contributed by atoms with Crippen LogP contribution in [0, 0.1) is 11.8 Å². The van der Waals surface area contributed by atoms with Gasteiger partial charge in [0.05, 0.1) is 5.69 Å². The van der Waals surface area contributed by atoms with Crippen molar-refractivity contribution in [1.29, 1.82) is 0 Å². The molecule has 6 nitrogen and oxygen atoms in total. The number of aromatic nitrogens is 2. The van der Waals surface area contributed by atoms with Crippen LogP contribution < -0.4 is 5.32 Å². The van der Waals surface area contributed by atoms with Gasteiger partial charge in [-0.15, -0.1) is 0 Å². The third-order valence-electron chi connectivity index (χ3n) is 4.62. The fourth-order valence-corrected chi connectivity index (χ4v) is 3.11. The smallest absolute Gasteiger partial charge is 0.225 e. The Morgan fingerprint density at radius 1 is 1.22 bits per heavy atom. The zero-order valence-electron chi connectivity index (χ0n) is 13.6. The predicted octanol–water partition coefficient (Wildman–Crippen LogP) is 1.17. The zero-order chi connectivity index (χ0) is 16.2. The van der Waals surface area contributed by atoms with Crippen LogP contribution in [-0.4, -0.2) is 45.8 Å². The summed E-state index contributed by atoms with van der Waals surface area (Å²) >= 11 is 0. The van der Waals surface area contributed by atoms with Gasteiger partial charge in [0.25, 0.3) is 0 Å². The Balaban J connectivity index is 1.43. The maximum Gasteiger partial charge on any atom is 0.225 e. The highest BCUT2D eigenvalue weighted by Crippen LogP contribution is 2.32. The summed E-state index contributed by atoms with van der Waals surface area (Å²) < 4.78 is 0. The van der Waals surface area contributed by atoms with E-state index < -0.39 is 0 Å². The largest absolute Gasteiger partial charge is 0.353 e. The van der Waals surface area contributed by atoms with Gasteiger partial charge in [-0.25, -0.2) is 0 Å². The third-order valence-corrected chi connectivity index (χ3v) is 4.62. The first-order chi connectivity index (χ1) is 11.1. The van der Waals surface area contributed by atoms with Crippen LogP contribution in [0.3, 0.4) is 0 Å². The van der Waals surface area contributed by atoms with Crippen LogP contribution in [0.1, 0.15) is 38.3 Å². The second-order valence-corrected chi connectivity index (χ2v) is 6.68. The van der Waals surface area contributed by atoms with E-state index in [1.54, 1.807) is 18.6 Å². The van der Waals surface area contributed by atoms with Crippen molar-refractivity contribution in [3.63, 3.8) is 0 Å². The lowest BCUT2D eigenvalue weighted by Crippen LogP contribution is -2.45. The summed E-state index contributed by atoms with van der Waals surface area (Å²) in [4.78, 5) is 34.6. The summed E-state index contributed by atoms with van der Waals surface area (Å²) in [5.41, 5.74) is 0.880. The number of carbonyl (C=O) groups excluding carboxylic acids is 2. The molecule has 23 heavy (non-hydrogen) atoms. The number of piperidine rings is 1. The average molecular weight is 316 g/mol. The average Bonchev–Trinajstić information content (AvgIpc) is 3.40. The summed E-state index contributed by atoms with van der Waals surface area (Å²) in [6.45, 7) is 3.41. The summed E-state index contributed by atoms with van der Waals surface area (Å²) in [7, 11) is 0. The van der Waals surface area contributed by atoms with Crippen molar-refractivity contribution >= 4 is 11.8 Å². The minimum absolute atomic E-state index is 0.0163. The molecule has 0 aromatic carbocycles. The monoisotopic (exact) mass is 316 g/mol. The van der Waals surface area contributed by atoms with E-state index in [2.05, 4.69) is 15.3 Å². The molecule has 0 spiro atoms. The molecule has 2 aliphatic rings. The lowest BCUT2D eigenvalue weighted by molar-refractivity contribution is -0.136. The van der Waals surface area contributed by atoms with Gasteiger partial charge in [0.15, 0.2) is 0 Å². The standard InChI is InChI=1S/C17H24N4O2/c1-12(10-15-11-18-6-7-19-15)20-16(22)13-4-8-21(9-5-13)17(23)14-2-3-14/h6-7,11-14H,2-5,8-10H2,1H3,(H,20,22)/t12-/m0/s1. The molecule has 1 aliphatic heterocycles. The van der Waals surface area contributed by atoms with Gasteiger partial charge in [0.2, 0.25) is 11.8 Å². The van der Waals surface area contributed by atoms with Gasteiger partial charge in [-0.1, -0.05) is 0 Å². The summed E-state index contributed by atoms with van der Waals surface area (Å²) in [6, 6.07) is 0.0327. The Morgan fingerprint density at radius 3 is 2.57 bits per heavy atom. The van der Waals surface area contributed by atoms with Crippen LogP contribution in [0.15, 0.2) is 18.6 Å². The van der Waals surface area contributed by atoms with Crippen LogP contribution in [0.25, 0.3) is 0 Å². The molecule has 0 radical (unpaired) electrons. The molecular weight excluding hydrogens is 292 g/mol. The van der Waals surface area contributed by atoms with Crippen molar-refractivity contribution < 1.29 is 9.59 Å². The van der Waals surface area contributed by atoms with Gasteiger partial charge in [0.1, 0.15) is 0 Å². The van der Waals surface area contributed by atoms with Crippen molar-refractivity contribution in [3.8, 4) is 0 Å². The molecule has 6 heteroatoms. The number of hydrogen-bond acceptors (Lipinski definition) is 4. The molecule has 0 unspecified atom stereocenters. The fourth-order valence-electron chi connectivity index (χ4n) is 3.11. The van der Waals surface area contributed by atoms with Gasteiger partial charge < -0.3 is 10.2 Å². The molecule has 0 bridgehead atoms. The Kier molecular flexibility index (Phi) is 4.88. The molecule has 2 fully saturated rings. The first-order valence-electron chi connectivity index (χ1n) is 8.47. The fraction of sp³-hybridized carbons (Fsp3) is 0.647. The minimum Gasteiger partial charge on any atom is -0.353 e. The lowest BCUT2D eigenvalue weighted by atomic mass is 9.95. The van der Waals surface area contributed by atoms with Crippen molar-refractivity contribution in [3.05, 3.63) is 24.3 Å². The van der Waals surface area contributed by atoms with Gasteiger partial charge in [0, 0.05) is 56.0 Å². The Morgan fingerprint density at radius 2 is 1.96 bits per heavy atom. The number of nitrogens with zero attached hydrogens (tertiary/aromatic N) is 3. The Hall–Kier alpha value is -1.98. The minimum atomic E-state index is 0.0163. The van der Waals surface area contributed by atoms with E-state index >= 15 is 0 Å². The van der Waals surface area contributed by atoms with Crippen LogP contribution >= 0.6 is 0 Å². The number of likely N-dealkylation sites (tertiary alicyclic amines) is 1. The van der Waals surface area contributed by atoms with Crippen LogP contribution in [0.4, 0.5) is 0 Å². The van der Waals surface area contributed by atoms with Gasteiger partial charge in [-0.2, -0.15) is 0 Å². The van der Waals surface area contributed by atoms with Crippen LogP contribution in [-0.2, 0) is 16.0 Å². The van der Waals surface area contributed by atoms with E-state index in [0.717, 1.165) is 31.4 Å². The zero-order valence-corrected chi connectivity index (χ0v) is 13.6. The highest BCUT2D eigenvalue weighted by atomic mass is 16.2. The maximum absolute atomic E-state index is 12.4. The molecule has 1 atom stereocenters. The molecule has 124 valence electrons. The van der Waals surface area contributed by atoms with Gasteiger partial charge in [-0.05, 0) is 32.6 Å². The molecular formula is C17H24N4O2. The Labute approximate surface area is 136 Å². The van der Waals surface area contributed by atoms with Crippen LogP contribution in [0.2, 0.25) is 0 Å².